The summed E-state index contributed by atoms with van der Waals surface area (Å²) in [5.74, 6) is 0.724. The molecule has 1 rings (SSSR count). The van der Waals surface area contributed by atoms with Crippen molar-refractivity contribution in [2.75, 3.05) is 5.88 Å². The fraction of sp³-hybridized carbons (Fsp3) is 0.500. The SMILES string of the molecule is Cc1ccccc1C(C)(C)CCCl. The second kappa shape index (κ2) is 4.15. The third-order valence-electron chi connectivity index (χ3n) is 2.59. The highest BCUT2D eigenvalue weighted by molar-refractivity contribution is 6.17. The van der Waals surface area contributed by atoms with Gasteiger partial charge in [0.15, 0.2) is 0 Å². The van der Waals surface area contributed by atoms with Crippen LogP contribution >= 0.6 is 11.6 Å². The third-order valence-corrected chi connectivity index (χ3v) is 2.78. The van der Waals surface area contributed by atoms with E-state index < -0.39 is 0 Å². The van der Waals surface area contributed by atoms with Crippen molar-refractivity contribution < 1.29 is 0 Å². The maximum atomic E-state index is 5.79. The van der Waals surface area contributed by atoms with E-state index in [0.717, 1.165) is 12.3 Å². The number of benzene rings is 1. The number of hydrogen-bond acceptors (Lipinski definition) is 0. The van der Waals surface area contributed by atoms with Gasteiger partial charge in [0.1, 0.15) is 0 Å². The molecule has 1 heteroatoms. The first-order valence-corrected chi connectivity index (χ1v) is 5.23. The van der Waals surface area contributed by atoms with Gasteiger partial charge in [-0.15, -0.1) is 11.6 Å². The minimum absolute atomic E-state index is 0.201. The predicted octanol–water partition coefficient (Wildman–Crippen LogP) is 3.90. The van der Waals surface area contributed by atoms with Gasteiger partial charge in [0.2, 0.25) is 0 Å². The van der Waals surface area contributed by atoms with Gasteiger partial charge in [-0.3, -0.25) is 0 Å². The number of alkyl halides is 1. The molecule has 0 unspecified atom stereocenters. The molecule has 1 aromatic carbocycles. The quantitative estimate of drug-likeness (QED) is 0.644. The van der Waals surface area contributed by atoms with Gasteiger partial charge in [0.05, 0.1) is 0 Å². The molecular formula is C12H17Cl. The molecule has 0 heterocycles. The Bertz CT molecular complexity index is 276. The van der Waals surface area contributed by atoms with Crippen LogP contribution in [0.15, 0.2) is 24.3 Å². The summed E-state index contributed by atoms with van der Waals surface area (Å²) < 4.78 is 0. The highest BCUT2D eigenvalue weighted by Gasteiger charge is 2.20. The van der Waals surface area contributed by atoms with E-state index in [4.69, 9.17) is 11.6 Å². The molecule has 0 radical (unpaired) electrons. The number of hydrogen-bond donors (Lipinski definition) is 0. The van der Waals surface area contributed by atoms with Crippen molar-refractivity contribution in [2.45, 2.75) is 32.6 Å². The molecule has 72 valence electrons. The van der Waals surface area contributed by atoms with Crippen LogP contribution < -0.4 is 0 Å². The Hall–Kier alpha value is -0.490. The van der Waals surface area contributed by atoms with Crippen LogP contribution in [0.5, 0.6) is 0 Å². The lowest BCUT2D eigenvalue weighted by Gasteiger charge is -2.26. The van der Waals surface area contributed by atoms with Crippen molar-refractivity contribution in [3.63, 3.8) is 0 Å². The maximum absolute atomic E-state index is 5.79. The first kappa shape index (κ1) is 10.6. The molecule has 0 aliphatic carbocycles. The smallest absolute Gasteiger partial charge is 0.0231 e. The van der Waals surface area contributed by atoms with Crippen molar-refractivity contribution in [1.29, 1.82) is 0 Å². The lowest BCUT2D eigenvalue weighted by molar-refractivity contribution is 0.506. The van der Waals surface area contributed by atoms with Crippen molar-refractivity contribution in [3.05, 3.63) is 35.4 Å². The molecule has 0 atom stereocenters. The van der Waals surface area contributed by atoms with Crippen LogP contribution in [0.4, 0.5) is 0 Å². The van der Waals surface area contributed by atoms with Crippen LogP contribution in [-0.2, 0) is 5.41 Å². The molecule has 0 N–H and O–H groups in total. The molecule has 0 aromatic heterocycles. The molecule has 0 bridgehead atoms. The Balaban J connectivity index is 2.99. The summed E-state index contributed by atoms with van der Waals surface area (Å²) in [5.41, 5.74) is 2.97. The minimum Gasteiger partial charge on any atom is -0.127 e. The zero-order chi connectivity index (χ0) is 9.90. The van der Waals surface area contributed by atoms with Gasteiger partial charge in [-0.05, 0) is 29.9 Å². The fourth-order valence-electron chi connectivity index (χ4n) is 1.70. The summed E-state index contributed by atoms with van der Waals surface area (Å²) >= 11 is 5.79. The standard InChI is InChI=1S/C12H17Cl/c1-10-6-4-5-7-11(10)12(2,3)8-9-13/h4-7H,8-9H2,1-3H3. The van der Waals surface area contributed by atoms with Crippen molar-refractivity contribution in [2.24, 2.45) is 0 Å². The highest BCUT2D eigenvalue weighted by Crippen LogP contribution is 2.29. The van der Waals surface area contributed by atoms with Gasteiger partial charge in [-0.25, -0.2) is 0 Å². The average Bonchev–Trinajstić information content (AvgIpc) is 2.04. The number of halogens is 1. The summed E-state index contributed by atoms with van der Waals surface area (Å²) in [6.07, 6.45) is 1.03. The zero-order valence-corrected chi connectivity index (χ0v) is 9.36. The van der Waals surface area contributed by atoms with Crippen LogP contribution in [0.1, 0.15) is 31.4 Å². The van der Waals surface area contributed by atoms with Gasteiger partial charge in [-0.1, -0.05) is 38.1 Å². The second-order valence-electron chi connectivity index (χ2n) is 4.14. The van der Waals surface area contributed by atoms with Crippen molar-refractivity contribution in [3.8, 4) is 0 Å². The first-order valence-electron chi connectivity index (χ1n) is 4.70. The van der Waals surface area contributed by atoms with Gasteiger partial charge in [0.25, 0.3) is 0 Å². The number of rotatable bonds is 3. The predicted molar refractivity (Wildman–Crippen MR) is 59.5 cm³/mol. The monoisotopic (exact) mass is 196 g/mol. The molecule has 0 aliphatic rings. The average molecular weight is 197 g/mol. The van der Waals surface area contributed by atoms with Gasteiger partial charge in [-0.2, -0.15) is 0 Å². The molecule has 0 nitrogen and oxygen atoms in total. The van der Waals surface area contributed by atoms with Gasteiger partial charge in [0, 0.05) is 5.88 Å². The molecule has 0 spiro atoms. The summed E-state index contributed by atoms with van der Waals surface area (Å²) in [6.45, 7) is 6.65. The lowest BCUT2D eigenvalue weighted by Crippen LogP contribution is -2.18. The normalized spacial score (nSPS) is 11.7. The van der Waals surface area contributed by atoms with Crippen molar-refractivity contribution in [1.82, 2.24) is 0 Å². The van der Waals surface area contributed by atoms with E-state index in [1.165, 1.54) is 11.1 Å². The summed E-state index contributed by atoms with van der Waals surface area (Å²) in [5, 5.41) is 0. The minimum atomic E-state index is 0.201. The van der Waals surface area contributed by atoms with E-state index >= 15 is 0 Å². The molecular weight excluding hydrogens is 180 g/mol. The Morgan fingerprint density at radius 1 is 1.23 bits per heavy atom. The van der Waals surface area contributed by atoms with E-state index in [0.29, 0.717) is 0 Å². The molecule has 0 aliphatic heterocycles. The largest absolute Gasteiger partial charge is 0.127 e. The van der Waals surface area contributed by atoms with Crippen LogP contribution in [0.2, 0.25) is 0 Å². The number of aryl methyl sites for hydroxylation is 1. The topological polar surface area (TPSA) is 0 Å². The van der Waals surface area contributed by atoms with E-state index in [9.17, 15) is 0 Å². The maximum Gasteiger partial charge on any atom is 0.0231 e. The van der Waals surface area contributed by atoms with Crippen LogP contribution in [0, 0.1) is 6.92 Å². The lowest BCUT2D eigenvalue weighted by atomic mass is 9.80. The Kier molecular flexibility index (Phi) is 3.38. The molecule has 0 amide bonds. The Labute approximate surface area is 85.9 Å². The summed E-state index contributed by atoms with van der Waals surface area (Å²) in [6, 6.07) is 8.53. The summed E-state index contributed by atoms with van der Waals surface area (Å²) in [7, 11) is 0. The zero-order valence-electron chi connectivity index (χ0n) is 8.60. The van der Waals surface area contributed by atoms with Gasteiger partial charge >= 0.3 is 0 Å². The van der Waals surface area contributed by atoms with E-state index in [1.807, 2.05) is 0 Å². The van der Waals surface area contributed by atoms with Crippen LogP contribution in [0.25, 0.3) is 0 Å². The summed E-state index contributed by atoms with van der Waals surface area (Å²) in [4.78, 5) is 0. The highest BCUT2D eigenvalue weighted by atomic mass is 35.5. The molecule has 1 aromatic rings. The van der Waals surface area contributed by atoms with Crippen LogP contribution in [0.3, 0.4) is 0 Å². The van der Waals surface area contributed by atoms with E-state index in [-0.39, 0.29) is 5.41 Å². The van der Waals surface area contributed by atoms with Crippen LogP contribution in [-0.4, -0.2) is 5.88 Å². The second-order valence-corrected chi connectivity index (χ2v) is 4.52. The Morgan fingerprint density at radius 2 is 1.85 bits per heavy atom. The molecule has 0 fully saturated rings. The first-order chi connectivity index (χ1) is 6.08. The van der Waals surface area contributed by atoms with E-state index in [1.54, 1.807) is 0 Å². The van der Waals surface area contributed by atoms with Gasteiger partial charge < -0.3 is 0 Å². The fourth-order valence-corrected chi connectivity index (χ4v) is 2.18. The third kappa shape index (κ3) is 2.47. The molecule has 13 heavy (non-hydrogen) atoms. The molecule has 0 saturated heterocycles. The Morgan fingerprint density at radius 3 is 2.38 bits per heavy atom. The van der Waals surface area contributed by atoms with E-state index in [2.05, 4.69) is 45.0 Å². The van der Waals surface area contributed by atoms with Crippen molar-refractivity contribution >= 4 is 11.6 Å². The molecule has 0 saturated carbocycles.